The van der Waals surface area contributed by atoms with Gasteiger partial charge in [0, 0.05) is 24.9 Å². The van der Waals surface area contributed by atoms with Gasteiger partial charge in [-0.1, -0.05) is 48.5 Å². The molecule has 0 aliphatic rings. The fourth-order valence-corrected chi connectivity index (χ4v) is 2.97. The first-order valence-electron chi connectivity index (χ1n) is 8.64. The lowest BCUT2D eigenvalue weighted by molar-refractivity contribution is 0.102. The van der Waals surface area contributed by atoms with Gasteiger partial charge < -0.3 is 5.32 Å². The smallest absolute Gasteiger partial charge is 0.260 e. The number of anilines is 1. The fraction of sp³-hybridized carbons (Fsp3) is 0.0952. The third-order valence-corrected chi connectivity index (χ3v) is 4.27. The molecule has 2 aromatic carbocycles. The minimum atomic E-state index is -0.223. The lowest BCUT2D eigenvalue weighted by Crippen LogP contribution is -2.14. The average Bonchev–Trinajstić information content (AvgIpc) is 3.27. The van der Waals surface area contributed by atoms with Crippen LogP contribution in [0.15, 0.2) is 72.9 Å². The number of aryl methyl sites for hydroxylation is 2. The number of hydrogen-bond acceptors (Lipinski definition) is 3. The highest BCUT2D eigenvalue weighted by Gasteiger charge is 2.19. The van der Waals surface area contributed by atoms with Crippen LogP contribution in [0.2, 0.25) is 0 Å². The number of carbonyl (C=O) groups excluding carboxylic acids is 1. The molecule has 4 rings (SSSR count). The van der Waals surface area contributed by atoms with E-state index in [0.29, 0.717) is 17.1 Å². The maximum absolute atomic E-state index is 13.0. The van der Waals surface area contributed by atoms with Crippen LogP contribution < -0.4 is 5.32 Å². The number of amides is 1. The van der Waals surface area contributed by atoms with Crippen LogP contribution >= 0.6 is 0 Å². The Balaban J connectivity index is 1.77. The van der Waals surface area contributed by atoms with Crippen molar-refractivity contribution in [1.29, 1.82) is 0 Å². The Morgan fingerprint density at radius 3 is 2.26 bits per heavy atom. The molecule has 0 saturated carbocycles. The maximum Gasteiger partial charge on any atom is 0.260 e. The Kier molecular flexibility index (Phi) is 4.30. The summed E-state index contributed by atoms with van der Waals surface area (Å²) in [5.41, 5.74) is 3.76. The number of rotatable bonds is 4. The molecule has 4 aromatic rings. The Morgan fingerprint density at radius 2 is 1.63 bits per heavy atom. The molecule has 0 aliphatic carbocycles. The quantitative estimate of drug-likeness (QED) is 0.604. The molecule has 0 spiro atoms. The second kappa shape index (κ2) is 6.92. The molecule has 0 saturated heterocycles. The van der Waals surface area contributed by atoms with Crippen molar-refractivity contribution in [3.63, 3.8) is 0 Å². The highest BCUT2D eigenvalue weighted by Crippen LogP contribution is 2.24. The van der Waals surface area contributed by atoms with E-state index in [0.717, 1.165) is 16.9 Å². The number of nitrogens with zero attached hydrogens (tertiary/aromatic N) is 4. The second-order valence-electron chi connectivity index (χ2n) is 6.29. The van der Waals surface area contributed by atoms with Crippen LogP contribution in [-0.4, -0.2) is 25.5 Å². The molecule has 134 valence electrons. The first-order chi connectivity index (χ1) is 13.1. The summed E-state index contributed by atoms with van der Waals surface area (Å²) in [6.45, 7) is 1.89. The summed E-state index contributed by atoms with van der Waals surface area (Å²) in [6, 6.07) is 21.3. The number of aromatic nitrogens is 4. The predicted octanol–water partition coefficient (Wildman–Crippen LogP) is 3.83. The van der Waals surface area contributed by atoms with Crippen molar-refractivity contribution in [2.24, 2.45) is 7.05 Å². The predicted molar refractivity (Wildman–Crippen MR) is 105 cm³/mol. The minimum Gasteiger partial charge on any atom is -0.307 e. The highest BCUT2D eigenvalue weighted by molar-refractivity contribution is 6.07. The molecule has 0 bridgehead atoms. The van der Waals surface area contributed by atoms with Gasteiger partial charge in [-0.3, -0.25) is 9.48 Å². The molecule has 1 amide bonds. The highest BCUT2D eigenvalue weighted by atomic mass is 16.1. The molecule has 0 atom stereocenters. The number of carbonyl (C=O) groups is 1. The molecule has 0 fully saturated rings. The molecule has 27 heavy (non-hydrogen) atoms. The fourth-order valence-electron chi connectivity index (χ4n) is 2.97. The number of para-hydroxylation sites is 1. The van der Waals surface area contributed by atoms with Crippen LogP contribution in [0.1, 0.15) is 16.1 Å². The van der Waals surface area contributed by atoms with E-state index in [1.54, 1.807) is 22.6 Å². The topological polar surface area (TPSA) is 64.7 Å². The van der Waals surface area contributed by atoms with E-state index >= 15 is 0 Å². The van der Waals surface area contributed by atoms with Crippen LogP contribution in [0, 0.1) is 6.92 Å². The first-order valence-corrected chi connectivity index (χ1v) is 8.64. The molecular weight excluding hydrogens is 338 g/mol. The van der Waals surface area contributed by atoms with Gasteiger partial charge in [0.25, 0.3) is 5.91 Å². The second-order valence-corrected chi connectivity index (χ2v) is 6.29. The van der Waals surface area contributed by atoms with Gasteiger partial charge >= 0.3 is 0 Å². The Bertz CT molecular complexity index is 1080. The van der Waals surface area contributed by atoms with Crippen molar-refractivity contribution >= 4 is 11.7 Å². The summed E-state index contributed by atoms with van der Waals surface area (Å²) in [5.74, 6) is 0.419. The molecule has 2 heterocycles. The van der Waals surface area contributed by atoms with Gasteiger partial charge in [0.1, 0.15) is 11.5 Å². The molecule has 6 nitrogen and oxygen atoms in total. The Hall–Kier alpha value is -3.67. The third kappa shape index (κ3) is 3.37. The van der Waals surface area contributed by atoms with Gasteiger partial charge in [0.15, 0.2) is 0 Å². The molecule has 0 unspecified atom stereocenters. The van der Waals surface area contributed by atoms with Gasteiger partial charge in [-0.15, -0.1) is 0 Å². The van der Waals surface area contributed by atoms with Crippen molar-refractivity contribution in [1.82, 2.24) is 19.6 Å². The standard InChI is InChI=1S/C21H19N5O/c1-15-13-19(25(2)23-15)22-21(27)18-14-26(17-11-7-4-8-12-17)24-20(18)16-9-5-3-6-10-16/h3-14H,1-2H3,(H,22,27). The first kappa shape index (κ1) is 16.8. The molecule has 0 radical (unpaired) electrons. The van der Waals surface area contributed by atoms with Crippen molar-refractivity contribution in [3.05, 3.63) is 84.2 Å². The van der Waals surface area contributed by atoms with E-state index in [1.807, 2.05) is 73.7 Å². The van der Waals surface area contributed by atoms with E-state index in [2.05, 4.69) is 15.5 Å². The van der Waals surface area contributed by atoms with E-state index in [4.69, 9.17) is 0 Å². The number of hydrogen-bond donors (Lipinski definition) is 1. The summed E-state index contributed by atoms with van der Waals surface area (Å²) < 4.78 is 3.38. The summed E-state index contributed by atoms with van der Waals surface area (Å²) in [5, 5.41) is 11.9. The lowest BCUT2D eigenvalue weighted by Gasteiger charge is -2.05. The van der Waals surface area contributed by atoms with Crippen LogP contribution in [-0.2, 0) is 7.05 Å². The van der Waals surface area contributed by atoms with E-state index in [9.17, 15) is 4.79 Å². The van der Waals surface area contributed by atoms with E-state index in [-0.39, 0.29) is 5.91 Å². The van der Waals surface area contributed by atoms with Crippen LogP contribution in [0.5, 0.6) is 0 Å². The molecule has 2 aromatic heterocycles. The minimum absolute atomic E-state index is 0.223. The molecular formula is C21H19N5O. The van der Waals surface area contributed by atoms with Gasteiger partial charge in [0.05, 0.1) is 16.9 Å². The Morgan fingerprint density at radius 1 is 0.963 bits per heavy atom. The zero-order valence-corrected chi connectivity index (χ0v) is 15.1. The van der Waals surface area contributed by atoms with Crippen molar-refractivity contribution in [2.75, 3.05) is 5.32 Å². The van der Waals surface area contributed by atoms with Crippen LogP contribution in [0.3, 0.4) is 0 Å². The van der Waals surface area contributed by atoms with Crippen molar-refractivity contribution in [2.45, 2.75) is 6.92 Å². The van der Waals surface area contributed by atoms with Gasteiger partial charge in [-0.05, 0) is 19.1 Å². The van der Waals surface area contributed by atoms with Crippen LogP contribution in [0.25, 0.3) is 16.9 Å². The maximum atomic E-state index is 13.0. The van der Waals surface area contributed by atoms with E-state index in [1.165, 1.54) is 0 Å². The van der Waals surface area contributed by atoms with Gasteiger partial charge in [-0.25, -0.2) is 4.68 Å². The normalized spacial score (nSPS) is 10.7. The summed E-state index contributed by atoms with van der Waals surface area (Å²) in [6.07, 6.45) is 1.76. The number of nitrogens with one attached hydrogen (secondary N) is 1. The summed E-state index contributed by atoms with van der Waals surface area (Å²) >= 11 is 0. The lowest BCUT2D eigenvalue weighted by atomic mass is 10.1. The summed E-state index contributed by atoms with van der Waals surface area (Å²) in [4.78, 5) is 13.0. The monoisotopic (exact) mass is 357 g/mol. The number of benzene rings is 2. The van der Waals surface area contributed by atoms with Gasteiger partial charge in [0.2, 0.25) is 0 Å². The van der Waals surface area contributed by atoms with Crippen LogP contribution in [0.4, 0.5) is 5.82 Å². The SMILES string of the molecule is Cc1cc(NC(=O)c2cn(-c3ccccc3)nc2-c2ccccc2)n(C)n1. The molecule has 6 heteroatoms. The van der Waals surface area contributed by atoms with Gasteiger partial charge in [-0.2, -0.15) is 10.2 Å². The molecule has 0 aliphatic heterocycles. The Labute approximate surface area is 157 Å². The molecule has 1 N–H and O–H groups in total. The van der Waals surface area contributed by atoms with Crippen molar-refractivity contribution < 1.29 is 4.79 Å². The zero-order valence-electron chi connectivity index (χ0n) is 15.1. The zero-order chi connectivity index (χ0) is 18.8. The third-order valence-electron chi connectivity index (χ3n) is 4.27. The largest absolute Gasteiger partial charge is 0.307 e. The van der Waals surface area contributed by atoms with E-state index < -0.39 is 0 Å². The van der Waals surface area contributed by atoms with Crippen molar-refractivity contribution in [3.8, 4) is 16.9 Å². The summed E-state index contributed by atoms with van der Waals surface area (Å²) in [7, 11) is 1.80. The average molecular weight is 357 g/mol.